The maximum absolute atomic E-state index is 6.01. The van der Waals surface area contributed by atoms with Gasteiger partial charge in [-0.25, -0.2) is 0 Å². The molecule has 0 spiro atoms. The van der Waals surface area contributed by atoms with Crippen molar-refractivity contribution in [1.29, 1.82) is 0 Å². The van der Waals surface area contributed by atoms with Gasteiger partial charge in [-0.05, 0) is 38.1 Å². The molecule has 1 N–H and O–H groups in total. The molecule has 0 aliphatic heterocycles. The van der Waals surface area contributed by atoms with Crippen molar-refractivity contribution in [2.45, 2.75) is 46.3 Å². The van der Waals surface area contributed by atoms with Crippen molar-refractivity contribution in [3.63, 3.8) is 0 Å². The predicted molar refractivity (Wildman–Crippen MR) is 73.8 cm³/mol. The zero-order valence-corrected chi connectivity index (χ0v) is 11.7. The second-order valence-corrected chi connectivity index (χ2v) is 4.69. The van der Waals surface area contributed by atoms with Crippen molar-refractivity contribution in [2.24, 2.45) is 0 Å². The Hall–Kier alpha value is -0.730. The van der Waals surface area contributed by atoms with Crippen LogP contribution in [0.25, 0.3) is 0 Å². The fourth-order valence-electron chi connectivity index (χ4n) is 1.74. The average Bonchev–Trinajstić information content (AvgIpc) is 2.30. The van der Waals surface area contributed by atoms with E-state index in [0.29, 0.717) is 0 Å². The number of benzene rings is 1. The molecule has 1 unspecified atom stereocenters. The molecular weight excluding hydrogens is 234 g/mol. The third-order valence-electron chi connectivity index (χ3n) is 2.61. The van der Waals surface area contributed by atoms with E-state index in [-0.39, 0.29) is 6.10 Å². The van der Waals surface area contributed by atoms with Crippen LogP contribution in [-0.2, 0) is 6.54 Å². The molecule has 1 aromatic carbocycles. The highest BCUT2D eigenvalue weighted by Gasteiger charge is 2.08. The fraction of sp³-hybridized carbons (Fsp3) is 0.571. The van der Waals surface area contributed by atoms with Gasteiger partial charge in [0, 0.05) is 17.1 Å². The minimum absolute atomic E-state index is 0.251. The Labute approximate surface area is 109 Å². The molecule has 1 atom stereocenters. The average molecular weight is 256 g/mol. The number of halogens is 1. The number of nitrogens with one attached hydrogen (secondary N) is 1. The molecule has 17 heavy (non-hydrogen) atoms. The first kappa shape index (κ1) is 14.3. The Morgan fingerprint density at radius 2 is 2.12 bits per heavy atom. The van der Waals surface area contributed by atoms with E-state index in [2.05, 4.69) is 26.1 Å². The fourth-order valence-corrected chi connectivity index (χ4v) is 1.94. The van der Waals surface area contributed by atoms with Crippen molar-refractivity contribution >= 4 is 11.6 Å². The zero-order valence-electron chi connectivity index (χ0n) is 10.9. The van der Waals surface area contributed by atoms with E-state index in [1.54, 1.807) is 0 Å². The van der Waals surface area contributed by atoms with Gasteiger partial charge in [-0.15, -0.1) is 0 Å². The summed E-state index contributed by atoms with van der Waals surface area (Å²) in [5.41, 5.74) is 1.13. The smallest absolute Gasteiger partial charge is 0.124 e. The maximum atomic E-state index is 6.01. The van der Waals surface area contributed by atoms with E-state index in [0.717, 1.165) is 42.3 Å². The summed E-state index contributed by atoms with van der Waals surface area (Å²) in [5.74, 6) is 0.941. The zero-order chi connectivity index (χ0) is 12.7. The molecule has 0 heterocycles. The van der Waals surface area contributed by atoms with Gasteiger partial charge in [0.1, 0.15) is 5.75 Å². The lowest BCUT2D eigenvalue weighted by atomic mass is 10.2. The molecule has 0 saturated carbocycles. The van der Waals surface area contributed by atoms with E-state index >= 15 is 0 Å². The molecule has 0 aromatic heterocycles. The Morgan fingerprint density at radius 1 is 1.35 bits per heavy atom. The summed E-state index contributed by atoms with van der Waals surface area (Å²) in [5, 5.41) is 4.06. The molecule has 0 radical (unpaired) electrons. The Morgan fingerprint density at radius 3 is 2.76 bits per heavy atom. The first-order chi connectivity index (χ1) is 8.17. The summed E-state index contributed by atoms with van der Waals surface area (Å²) in [7, 11) is 0. The Kier molecular flexibility index (Phi) is 6.38. The van der Waals surface area contributed by atoms with Crippen LogP contribution >= 0.6 is 11.6 Å². The lowest BCUT2D eigenvalue weighted by Crippen LogP contribution is -2.16. The molecule has 3 heteroatoms. The normalized spacial score (nSPS) is 12.5. The maximum Gasteiger partial charge on any atom is 0.124 e. The summed E-state index contributed by atoms with van der Waals surface area (Å²) in [4.78, 5) is 0. The summed E-state index contributed by atoms with van der Waals surface area (Å²) in [6.45, 7) is 8.10. The molecule has 96 valence electrons. The molecule has 0 aliphatic carbocycles. The standard InChI is InChI=1S/C14H22ClNO/c1-4-6-11(3)17-14-8-7-13(15)9-12(14)10-16-5-2/h7-9,11,16H,4-6,10H2,1-3H3. The van der Waals surface area contributed by atoms with E-state index in [9.17, 15) is 0 Å². The summed E-state index contributed by atoms with van der Waals surface area (Å²) >= 11 is 6.01. The van der Waals surface area contributed by atoms with Gasteiger partial charge in [-0.3, -0.25) is 0 Å². The van der Waals surface area contributed by atoms with Crippen molar-refractivity contribution in [1.82, 2.24) is 5.32 Å². The number of hydrogen-bond donors (Lipinski definition) is 1. The van der Waals surface area contributed by atoms with Crippen LogP contribution in [0.1, 0.15) is 39.2 Å². The second-order valence-electron chi connectivity index (χ2n) is 4.25. The number of rotatable bonds is 7. The van der Waals surface area contributed by atoms with Crippen LogP contribution in [-0.4, -0.2) is 12.6 Å². The van der Waals surface area contributed by atoms with E-state index in [1.165, 1.54) is 0 Å². The van der Waals surface area contributed by atoms with Crippen LogP contribution in [0.5, 0.6) is 5.75 Å². The predicted octanol–water partition coefficient (Wildman–Crippen LogP) is 4.02. The molecule has 0 bridgehead atoms. The van der Waals surface area contributed by atoms with Crippen molar-refractivity contribution in [3.05, 3.63) is 28.8 Å². The molecule has 0 saturated heterocycles. The summed E-state index contributed by atoms with van der Waals surface area (Å²) in [6, 6.07) is 5.81. The van der Waals surface area contributed by atoms with E-state index in [1.807, 2.05) is 18.2 Å². The van der Waals surface area contributed by atoms with Crippen molar-refractivity contribution in [3.8, 4) is 5.75 Å². The summed E-state index contributed by atoms with van der Waals surface area (Å²) in [6.07, 6.45) is 2.46. The van der Waals surface area contributed by atoms with Gasteiger partial charge >= 0.3 is 0 Å². The van der Waals surface area contributed by atoms with Crippen LogP contribution in [0.2, 0.25) is 5.02 Å². The van der Waals surface area contributed by atoms with Crippen LogP contribution < -0.4 is 10.1 Å². The minimum atomic E-state index is 0.251. The van der Waals surface area contributed by atoms with Crippen LogP contribution in [0, 0.1) is 0 Å². The molecule has 0 aliphatic rings. The molecule has 0 amide bonds. The molecule has 2 nitrogen and oxygen atoms in total. The lowest BCUT2D eigenvalue weighted by Gasteiger charge is -2.17. The monoisotopic (exact) mass is 255 g/mol. The summed E-state index contributed by atoms with van der Waals surface area (Å²) < 4.78 is 5.94. The van der Waals surface area contributed by atoms with Crippen molar-refractivity contribution < 1.29 is 4.74 Å². The van der Waals surface area contributed by atoms with E-state index < -0.39 is 0 Å². The third kappa shape index (κ3) is 4.97. The highest BCUT2D eigenvalue weighted by molar-refractivity contribution is 6.30. The SMILES string of the molecule is CCCC(C)Oc1ccc(Cl)cc1CNCC. The first-order valence-corrected chi connectivity index (χ1v) is 6.71. The minimum Gasteiger partial charge on any atom is -0.490 e. The Balaban J connectivity index is 2.74. The van der Waals surface area contributed by atoms with E-state index in [4.69, 9.17) is 16.3 Å². The third-order valence-corrected chi connectivity index (χ3v) is 2.85. The second kappa shape index (κ2) is 7.57. The number of ether oxygens (including phenoxy) is 1. The van der Waals surface area contributed by atoms with Crippen LogP contribution in [0.3, 0.4) is 0 Å². The van der Waals surface area contributed by atoms with Gasteiger partial charge < -0.3 is 10.1 Å². The van der Waals surface area contributed by atoms with Crippen LogP contribution in [0.15, 0.2) is 18.2 Å². The van der Waals surface area contributed by atoms with Gasteiger partial charge in [-0.2, -0.15) is 0 Å². The molecule has 1 rings (SSSR count). The van der Waals surface area contributed by atoms with Crippen molar-refractivity contribution in [2.75, 3.05) is 6.54 Å². The van der Waals surface area contributed by atoms with Gasteiger partial charge in [-0.1, -0.05) is 31.9 Å². The van der Waals surface area contributed by atoms with Gasteiger partial charge in [0.25, 0.3) is 0 Å². The topological polar surface area (TPSA) is 21.3 Å². The van der Waals surface area contributed by atoms with Gasteiger partial charge in [0.05, 0.1) is 6.10 Å². The highest BCUT2D eigenvalue weighted by Crippen LogP contribution is 2.24. The molecule has 1 aromatic rings. The van der Waals surface area contributed by atoms with Gasteiger partial charge in [0.2, 0.25) is 0 Å². The number of hydrogen-bond acceptors (Lipinski definition) is 2. The highest BCUT2D eigenvalue weighted by atomic mass is 35.5. The Bertz CT molecular complexity index is 341. The lowest BCUT2D eigenvalue weighted by molar-refractivity contribution is 0.207. The first-order valence-electron chi connectivity index (χ1n) is 6.33. The molecule has 0 fully saturated rings. The van der Waals surface area contributed by atoms with Crippen LogP contribution in [0.4, 0.5) is 0 Å². The largest absolute Gasteiger partial charge is 0.490 e. The quantitative estimate of drug-likeness (QED) is 0.795. The van der Waals surface area contributed by atoms with Gasteiger partial charge in [0.15, 0.2) is 0 Å². The molecular formula is C14H22ClNO.